The predicted octanol–water partition coefficient (Wildman–Crippen LogP) is -1.01. The molecule has 1 aliphatic heterocycles. The number of nitrogens with one attached hydrogen (secondary N) is 1. The second-order valence-corrected chi connectivity index (χ2v) is 5.29. The highest BCUT2D eigenvalue weighted by molar-refractivity contribution is 7.85. The number of nitrogens with two attached hydrogens (primary N) is 1. The number of hydrogen-bond donors (Lipinski definition) is 2. The van der Waals surface area contributed by atoms with Gasteiger partial charge in [0.25, 0.3) is 5.91 Å². The summed E-state index contributed by atoms with van der Waals surface area (Å²) < 4.78 is 16.0. The van der Waals surface area contributed by atoms with Crippen molar-refractivity contribution < 1.29 is 13.7 Å². The fourth-order valence-electron chi connectivity index (χ4n) is 1.54. The lowest BCUT2D eigenvalue weighted by molar-refractivity contribution is -0.131. The molecule has 1 atom stereocenters. The van der Waals surface area contributed by atoms with Crippen molar-refractivity contribution in [3.63, 3.8) is 0 Å². The Balaban J connectivity index is 2.34. The lowest BCUT2D eigenvalue weighted by atomic mass is 10.1. The first-order valence-electron chi connectivity index (χ1n) is 5.05. The molecule has 5 nitrogen and oxygen atoms in total. The second-order valence-electron chi connectivity index (χ2n) is 3.59. The summed E-state index contributed by atoms with van der Waals surface area (Å²) in [6, 6.07) is 0.124. The third-order valence-corrected chi connectivity index (χ3v) is 3.91. The molecule has 88 valence electrons. The van der Waals surface area contributed by atoms with Gasteiger partial charge >= 0.3 is 0 Å². The van der Waals surface area contributed by atoms with Crippen molar-refractivity contribution >= 4 is 16.7 Å². The zero-order valence-corrected chi connectivity index (χ0v) is 9.72. The molecule has 0 saturated carbocycles. The Kier molecular flexibility index (Phi) is 5.21. The van der Waals surface area contributed by atoms with Crippen molar-refractivity contribution in [1.29, 1.82) is 0 Å². The molecule has 1 aliphatic rings. The van der Waals surface area contributed by atoms with Crippen LogP contribution in [0.15, 0.2) is 0 Å². The standard InChI is InChI=1S/C9H18N2O3S/c1-14-8(6-10)9(12)11-7-2-4-15(13)5-3-7/h7-8H,2-6,10H2,1H3,(H,11,12). The average molecular weight is 234 g/mol. The predicted molar refractivity (Wildman–Crippen MR) is 58.9 cm³/mol. The van der Waals surface area contributed by atoms with Crippen LogP contribution in [0.5, 0.6) is 0 Å². The molecular formula is C9H18N2O3S. The first-order valence-corrected chi connectivity index (χ1v) is 6.54. The Morgan fingerprint density at radius 2 is 2.20 bits per heavy atom. The number of carbonyl (C=O) groups is 1. The summed E-state index contributed by atoms with van der Waals surface area (Å²) >= 11 is 0. The van der Waals surface area contributed by atoms with E-state index >= 15 is 0 Å². The molecule has 0 aromatic heterocycles. The topological polar surface area (TPSA) is 81.4 Å². The average Bonchev–Trinajstić information content (AvgIpc) is 2.23. The van der Waals surface area contributed by atoms with E-state index < -0.39 is 16.9 Å². The molecule has 0 bridgehead atoms. The van der Waals surface area contributed by atoms with E-state index in [9.17, 15) is 9.00 Å². The van der Waals surface area contributed by atoms with Crippen molar-refractivity contribution in [2.75, 3.05) is 25.2 Å². The first-order chi connectivity index (χ1) is 7.17. The highest BCUT2D eigenvalue weighted by Crippen LogP contribution is 2.09. The maximum absolute atomic E-state index is 11.6. The molecule has 0 aromatic carbocycles. The lowest BCUT2D eigenvalue weighted by Gasteiger charge is -2.24. The number of ether oxygens (including phenoxy) is 1. The largest absolute Gasteiger partial charge is 0.370 e. The Morgan fingerprint density at radius 1 is 1.60 bits per heavy atom. The molecule has 1 amide bonds. The molecule has 0 radical (unpaired) electrons. The van der Waals surface area contributed by atoms with Crippen LogP contribution in [0.4, 0.5) is 0 Å². The van der Waals surface area contributed by atoms with Crippen LogP contribution in [0.3, 0.4) is 0 Å². The van der Waals surface area contributed by atoms with Crippen LogP contribution in [-0.2, 0) is 20.3 Å². The monoisotopic (exact) mass is 234 g/mol. The smallest absolute Gasteiger partial charge is 0.250 e. The molecule has 1 rings (SSSR count). The van der Waals surface area contributed by atoms with Crippen molar-refractivity contribution in [1.82, 2.24) is 5.32 Å². The van der Waals surface area contributed by atoms with Crippen LogP contribution in [0.2, 0.25) is 0 Å². The van der Waals surface area contributed by atoms with Gasteiger partial charge in [0.05, 0.1) is 0 Å². The second kappa shape index (κ2) is 6.19. The maximum atomic E-state index is 11.6. The van der Waals surface area contributed by atoms with Crippen LogP contribution in [0.1, 0.15) is 12.8 Å². The van der Waals surface area contributed by atoms with Crippen LogP contribution in [0.25, 0.3) is 0 Å². The van der Waals surface area contributed by atoms with E-state index in [1.54, 1.807) is 0 Å². The van der Waals surface area contributed by atoms with E-state index in [2.05, 4.69) is 5.32 Å². The van der Waals surface area contributed by atoms with Gasteiger partial charge in [-0.3, -0.25) is 9.00 Å². The van der Waals surface area contributed by atoms with E-state index in [-0.39, 0.29) is 18.5 Å². The molecule has 0 aromatic rings. The van der Waals surface area contributed by atoms with Crippen LogP contribution < -0.4 is 11.1 Å². The van der Waals surface area contributed by atoms with Crippen molar-refractivity contribution in [3.8, 4) is 0 Å². The van der Waals surface area contributed by atoms with E-state index in [0.29, 0.717) is 11.5 Å². The van der Waals surface area contributed by atoms with Gasteiger partial charge in [0.15, 0.2) is 0 Å². The molecule has 3 N–H and O–H groups in total. The van der Waals surface area contributed by atoms with Crippen molar-refractivity contribution in [3.05, 3.63) is 0 Å². The summed E-state index contributed by atoms with van der Waals surface area (Å²) in [5.74, 6) is 1.17. The fourth-order valence-corrected chi connectivity index (χ4v) is 2.84. The minimum Gasteiger partial charge on any atom is -0.370 e. The molecule has 1 saturated heterocycles. The molecule has 0 aliphatic carbocycles. The van der Waals surface area contributed by atoms with Gasteiger partial charge in [-0.05, 0) is 12.8 Å². The van der Waals surface area contributed by atoms with Gasteiger partial charge < -0.3 is 15.8 Å². The van der Waals surface area contributed by atoms with E-state index in [1.807, 2.05) is 0 Å². The maximum Gasteiger partial charge on any atom is 0.250 e. The fraction of sp³-hybridized carbons (Fsp3) is 0.889. The zero-order chi connectivity index (χ0) is 11.3. The summed E-state index contributed by atoms with van der Waals surface area (Å²) in [5, 5.41) is 2.86. The van der Waals surface area contributed by atoms with Gasteiger partial charge in [0.2, 0.25) is 0 Å². The third-order valence-electron chi connectivity index (χ3n) is 2.53. The summed E-state index contributed by atoms with van der Waals surface area (Å²) in [4.78, 5) is 11.6. The number of hydrogen-bond acceptors (Lipinski definition) is 4. The quantitative estimate of drug-likeness (QED) is 0.653. The number of methoxy groups -OCH3 is 1. The molecule has 6 heteroatoms. The van der Waals surface area contributed by atoms with Crippen molar-refractivity contribution in [2.24, 2.45) is 5.73 Å². The van der Waals surface area contributed by atoms with Gasteiger partial charge in [0.1, 0.15) is 6.10 Å². The Morgan fingerprint density at radius 3 is 2.67 bits per heavy atom. The van der Waals surface area contributed by atoms with Gasteiger partial charge in [-0.1, -0.05) is 0 Å². The zero-order valence-electron chi connectivity index (χ0n) is 8.90. The normalized spacial score (nSPS) is 28.4. The Labute approximate surface area is 92.2 Å². The van der Waals surface area contributed by atoms with Crippen molar-refractivity contribution in [2.45, 2.75) is 25.0 Å². The minimum atomic E-state index is -0.697. The van der Waals surface area contributed by atoms with Crippen LogP contribution >= 0.6 is 0 Å². The number of carbonyl (C=O) groups excluding carboxylic acids is 1. The van der Waals surface area contributed by atoms with Gasteiger partial charge in [-0.2, -0.15) is 0 Å². The molecule has 1 fully saturated rings. The van der Waals surface area contributed by atoms with Gasteiger partial charge in [-0.15, -0.1) is 0 Å². The minimum absolute atomic E-state index is 0.124. The lowest BCUT2D eigenvalue weighted by Crippen LogP contribution is -2.47. The summed E-state index contributed by atoms with van der Waals surface area (Å²) in [6.07, 6.45) is 0.982. The third kappa shape index (κ3) is 3.89. The summed E-state index contributed by atoms with van der Waals surface area (Å²) in [7, 11) is 0.768. The highest BCUT2D eigenvalue weighted by Gasteiger charge is 2.23. The van der Waals surface area contributed by atoms with Gasteiger partial charge in [0, 0.05) is 42.0 Å². The molecule has 1 unspecified atom stereocenters. The number of amides is 1. The highest BCUT2D eigenvalue weighted by atomic mass is 32.2. The molecular weight excluding hydrogens is 216 g/mol. The summed E-state index contributed by atoms with van der Waals surface area (Å²) in [5.41, 5.74) is 5.38. The molecule has 0 spiro atoms. The Bertz CT molecular complexity index is 234. The van der Waals surface area contributed by atoms with Crippen LogP contribution in [-0.4, -0.2) is 47.4 Å². The van der Waals surface area contributed by atoms with E-state index in [4.69, 9.17) is 10.5 Å². The van der Waals surface area contributed by atoms with E-state index in [1.165, 1.54) is 7.11 Å². The van der Waals surface area contributed by atoms with E-state index in [0.717, 1.165) is 12.8 Å². The molecule has 1 heterocycles. The van der Waals surface area contributed by atoms with Crippen LogP contribution in [0, 0.1) is 0 Å². The molecule has 15 heavy (non-hydrogen) atoms. The first kappa shape index (κ1) is 12.6. The summed E-state index contributed by atoms with van der Waals surface area (Å²) in [6.45, 7) is 0.182. The number of rotatable bonds is 4. The van der Waals surface area contributed by atoms with Gasteiger partial charge in [-0.25, -0.2) is 0 Å². The SMILES string of the molecule is COC(CN)C(=O)NC1CCS(=O)CC1. The Hall–Kier alpha value is -0.460.